The van der Waals surface area contributed by atoms with Crippen molar-refractivity contribution in [3.8, 4) is 0 Å². The van der Waals surface area contributed by atoms with Crippen LogP contribution in [0, 0.1) is 5.92 Å². The maximum Gasteiger partial charge on any atom is 0.315 e. The third kappa shape index (κ3) is 4.69. The van der Waals surface area contributed by atoms with Crippen molar-refractivity contribution < 1.29 is 14.3 Å². The Morgan fingerprint density at radius 1 is 1.20 bits per heavy atom. The number of thioether (sulfide) groups is 1. The Labute approximate surface area is 94.9 Å². The fourth-order valence-electron chi connectivity index (χ4n) is 1.84. The van der Waals surface area contributed by atoms with Crippen LogP contribution in [0.15, 0.2) is 0 Å². The SMILES string of the molecule is COC(=O)CSCC(=O)C1CCCCC1. The van der Waals surface area contributed by atoms with Gasteiger partial charge in [0.25, 0.3) is 0 Å². The standard InChI is InChI=1S/C11H18O3S/c1-14-11(13)8-15-7-10(12)9-5-3-2-4-6-9/h9H,2-8H2,1H3. The van der Waals surface area contributed by atoms with Crippen molar-refractivity contribution in [2.75, 3.05) is 18.6 Å². The first-order valence-electron chi connectivity index (χ1n) is 5.41. The smallest absolute Gasteiger partial charge is 0.315 e. The van der Waals surface area contributed by atoms with Gasteiger partial charge < -0.3 is 4.74 Å². The molecule has 1 saturated carbocycles. The summed E-state index contributed by atoms with van der Waals surface area (Å²) in [5, 5.41) is 0. The van der Waals surface area contributed by atoms with E-state index in [2.05, 4.69) is 4.74 Å². The average Bonchev–Trinajstić information content (AvgIpc) is 2.29. The number of Topliss-reactive ketones (excluding diaryl/α,β-unsaturated/α-hetero) is 1. The van der Waals surface area contributed by atoms with Gasteiger partial charge in [-0.2, -0.15) is 0 Å². The third-order valence-electron chi connectivity index (χ3n) is 2.75. The van der Waals surface area contributed by atoms with Gasteiger partial charge in [0.15, 0.2) is 0 Å². The van der Waals surface area contributed by atoms with E-state index in [4.69, 9.17) is 0 Å². The normalized spacial score (nSPS) is 17.4. The molecule has 0 amide bonds. The second-order valence-corrected chi connectivity index (χ2v) is 4.86. The van der Waals surface area contributed by atoms with Crippen LogP contribution in [0.1, 0.15) is 32.1 Å². The molecule has 1 rings (SSSR count). The number of rotatable bonds is 5. The minimum atomic E-state index is -0.253. The summed E-state index contributed by atoms with van der Waals surface area (Å²) in [6.45, 7) is 0. The molecule has 3 nitrogen and oxygen atoms in total. The van der Waals surface area contributed by atoms with E-state index in [0.29, 0.717) is 11.5 Å². The van der Waals surface area contributed by atoms with Gasteiger partial charge in [0.05, 0.1) is 18.6 Å². The monoisotopic (exact) mass is 230 g/mol. The zero-order valence-electron chi connectivity index (χ0n) is 9.16. The summed E-state index contributed by atoms with van der Waals surface area (Å²) in [4.78, 5) is 22.5. The van der Waals surface area contributed by atoms with Crippen molar-refractivity contribution in [3.05, 3.63) is 0 Å². The maximum absolute atomic E-state index is 11.7. The first-order valence-corrected chi connectivity index (χ1v) is 6.56. The van der Waals surface area contributed by atoms with Crippen molar-refractivity contribution in [1.29, 1.82) is 0 Å². The molecule has 1 aliphatic rings. The van der Waals surface area contributed by atoms with Crippen molar-refractivity contribution in [1.82, 2.24) is 0 Å². The van der Waals surface area contributed by atoms with Gasteiger partial charge in [-0.1, -0.05) is 19.3 Å². The topological polar surface area (TPSA) is 43.4 Å². The number of carbonyl (C=O) groups excluding carboxylic acids is 2. The van der Waals surface area contributed by atoms with Gasteiger partial charge >= 0.3 is 5.97 Å². The van der Waals surface area contributed by atoms with Gasteiger partial charge in [0.2, 0.25) is 0 Å². The largest absolute Gasteiger partial charge is 0.468 e. The van der Waals surface area contributed by atoms with Crippen LogP contribution in [-0.4, -0.2) is 30.4 Å². The molecule has 15 heavy (non-hydrogen) atoms. The van der Waals surface area contributed by atoms with Crippen molar-refractivity contribution in [2.45, 2.75) is 32.1 Å². The van der Waals surface area contributed by atoms with Crippen LogP contribution in [0.5, 0.6) is 0 Å². The molecule has 0 unspecified atom stereocenters. The number of hydrogen-bond donors (Lipinski definition) is 0. The highest BCUT2D eigenvalue weighted by atomic mass is 32.2. The fourth-order valence-corrected chi connectivity index (χ4v) is 2.66. The number of ketones is 1. The highest BCUT2D eigenvalue weighted by Crippen LogP contribution is 2.25. The van der Waals surface area contributed by atoms with E-state index in [0.717, 1.165) is 12.8 Å². The van der Waals surface area contributed by atoms with Gasteiger partial charge in [-0.25, -0.2) is 0 Å². The maximum atomic E-state index is 11.7. The lowest BCUT2D eigenvalue weighted by atomic mass is 9.87. The first-order chi connectivity index (χ1) is 7.24. The average molecular weight is 230 g/mol. The minimum Gasteiger partial charge on any atom is -0.468 e. The van der Waals surface area contributed by atoms with E-state index < -0.39 is 0 Å². The summed E-state index contributed by atoms with van der Waals surface area (Å²) in [5.74, 6) is 1.05. The second kappa shape index (κ2) is 6.88. The zero-order chi connectivity index (χ0) is 11.1. The van der Waals surface area contributed by atoms with Crippen molar-refractivity contribution in [3.63, 3.8) is 0 Å². The van der Waals surface area contributed by atoms with E-state index in [1.807, 2.05) is 0 Å². The molecule has 0 radical (unpaired) electrons. The Bertz CT molecular complexity index is 222. The predicted octanol–water partition coefficient (Wildman–Crippen LogP) is 2.04. The van der Waals surface area contributed by atoms with Crippen LogP contribution in [0.2, 0.25) is 0 Å². The minimum absolute atomic E-state index is 0.253. The number of hydrogen-bond acceptors (Lipinski definition) is 4. The molecule has 0 aromatic heterocycles. The van der Waals surface area contributed by atoms with Crippen LogP contribution in [0.3, 0.4) is 0 Å². The lowest BCUT2D eigenvalue weighted by Gasteiger charge is -2.19. The number of methoxy groups -OCH3 is 1. The van der Waals surface area contributed by atoms with Gasteiger partial charge in [0.1, 0.15) is 5.78 Å². The summed E-state index contributed by atoms with van der Waals surface area (Å²) in [7, 11) is 1.37. The van der Waals surface area contributed by atoms with E-state index in [1.54, 1.807) is 0 Å². The molecule has 1 aliphatic carbocycles. The van der Waals surface area contributed by atoms with Gasteiger partial charge in [-0.05, 0) is 12.8 Å². The molecule has 0 aromatic carbocycles. The van der Waals surface area contributed by atoms with Crippen LogP contribution in [0.25, 0.3) is 0 Å². The zero-order valence-corrected chi connectivity index (χ0v) is 9.98. The number of ether oxygens (including phenoxy) is 1. The molecule has 4 heteroatoms. The lowest BCUT2D eigenvalue weighted by Crippen LogP contribution is -2.20. The molecule has 0 spiro atoms. The molecule has 0 saturated heterocycles. The highest BCUT2D eigenvalue weighted by molar-refractivity contribution is 8.00. The number of carbonyl (C=O) groups is 2. The van der Waals surface area contributed by atoms with E-state index in [9.17, 15) is 9.59 Å². The lowest BCUT2D eigenvalue weighted by molar-refractivity contribution is -0.137. The molecule has 0 bridgehead atoms. The third-order valence-corrected chi connectivity index (χ3v) is 3.68. The fraction of sp³-hybridized carbons (Fsp3) is 0.818. The Hall–Kier alpha value is -0.510. The summed E-state index contributed by atoms with van der Waals surface area (Å²) in [6.07, 6.45) is 5.70. The van der Waals surface area contributed by atoms with Crippen molar-refractivity contribution >= 4 is 23.5 Å². The first kappa shape index (κ1) is 12.6. The van der Waals surface area contributed by atoms with Crippen LogP contribution >= 0.6 is 11.8 Å². The highest BCUT2D eigenvalue weighted by Gasteiger charge is 2.20. The Morgan fingerprint density at radius 3 is 2.47 bits per heavy atom. The van der Waals surface area contributed by atoms with E-state index >= 15 is 0 Å². The van der Waals surface area contributed by atoms with Crippen LogP contribution in [-0.2, 0) is 14.3 Å². The predicted molar refractivity (Wildman–Crippen MR) is 60.9 cm³/mol. The molecular weight excluding hydrogens is 212 g/mol. The van der Waals surface area contributed by atoms with E-state index in [1.165, 1.54) is 38.1 Å². The Morgan fingerprint density at radius 2 is 1.87 bits per heavy atom. The summed E-state index contributed by atoms with van der Waals surface area (Å²) in [5.41, 5.74) is 0. The molecular formula is C11H18O3S. The quantitative estimate of drug-likeness (QED) is 0.678. The summed E-state index contributed by atoms with van der Waals surface area (Å²) in [6, 6.07) is 0. The molecule has 1 fully saturated rings. The molecule has 0 aliphatic heterocycles. The molecule has 86 valence electrons. The van der Waals surface area contributed by atoms with Crippen molar-refractivity contribution in [2.24, 2.45) is 5.92 Å². The molecule has 0 heterocycles. The van der Waals surface area contributed by atoms with Gasteiger partial charge in [0, 0.05) is 5.92 Å². The summed E-state index contributed by atoms with van der Waals surface area (Å²) >= 11 is 1.36. The van der Waals surface area contributed by atoms with Crippen LogP contribution in [0.4, 0.5) is 0 Å². The Balaban J connectivity index is 2.14. The Kier molecular flexibility index (Phi) is 5.76. The molecule has 0 aromatic rings. The van der Waals surface area contributed by atoms with Crippen LogP contribution < -0.4 is 0 Å². The van der Waals surface area contributed by atoms with Gasteiger partial charge in [-0.15, -0.1) is 11.8 Å². The molecule has 0 N–H and O–H groups in total. The van der Waals surface area contributed by atoms with E-state index in [-0.39, 0.29) is 17.6 Å². The molecule has 0 atom stereocenters. The number of esters is 1. The summed E-state index contributed by atoms with van der Waals surface area (Å²) < 4.78 is 4.51. The van der Waals surface area contributed by atoms with Gasteiger partial charge in [-0.3, -0.25) is 9.59 Å². The second-order valence-electron chi connectivity index (χ2n) is 3.87.